The highest BCUT2D eigenvalue weighted by Gasteiger charge is 2.39. The third-order valence-electron chi connectivity index (χ3n) is 2.23. The maximum atomic E-state index is 13.1. The van der Waals surface area contributed by atoms with Gasteiger partial charge in [-0.15, -0.1) is 0 Å². The van der Waals surface area contributed by atoms with Crippen LogP contribution in [-0.2, 0) is 0 Å². The van der Waals surface area contributed by atoms with Crippen LogP contribution in [-0.4, -0.2) is 12.7 Å². The first-order valence-electron chi connectivity index (χ1n) is 4.39. The van der Waals surface area contributed by atoms with E-state index in [0.29, 0.717) is 5.56 Å². The normalized spacial score (nSPS) is 14.0. The Balaban J connectivity index is 3.08. The van der Waals surface area contributed by atoms with E-state index in [1.165, 1.54) is 19.1 Å². The molecule has 1 unspecified atom stereocenters. The Hall–Kier alpha value is -1.10. The Morgan fingerprint density at radius 2 is 1.93 bits per heavy atom. The van der Waals surface area contributed by atoms with Gasteiger partial charge in [-0.2, -0.15) is 13.2 Å². The van der Waals surface area contributed by atoms with Crippen LogP contribution in [0.1, 0.15) is 17.0 Å². The van der Waals surface area contributed by atoms with E-state index >= 15 is 0 Å². The predicted molar refractivity (Wildman–Crippen MR) is 49.0 cm³/mol. The van der Waals surface area contributed by atoms with Crippen molar-refractivity contribution < 1.29 is 17.6 Å². The van der Waals surface area contributed by atoms with Gasteiger partial charge >= 0.3 is 6.18 Å². The summed E-state index contributed by atoms with van der Waals surface area (Å²) in [4.78, 5) is 0. The molecule has 0 aliphatic rings. The van der Waals surface area contributed by atoms with E-state index in [2.05, 4.69) is 0 Å². The summed E-state index contributed by atoms with van der Waals surface area (Å²) in [5.74, 6) is -2.44. The summed E-state index contributed by atoms with van der Waals surface area (Å²) < 4.78 is 50.4. The molecular formula is C10H11F4N. The van der Waals surface area contributed by atoms with Crippen molar-refractivity contribution in [2.45, 2.75) is 19.0 Å². The van der Waals surface area contributed by atoms with Crippen LogP contribution >= 0.6 is 0 Å². The molecule has 1 aromatic carbocycles. The molecule has 0 aliphatic heterocycles. The molecule has 0 heterocycles. The molecule has 5 heteroatoms. The summed E-state index contributed by atoms with van der Waals surface area (Å²) in [6.45, 7) is 0.913. The van der Waals surface area contributed by atoms with Gasteiger partial charge in [0.25, 0.3) is 0 Å². The summed E-state index contributed by atoms with van der Waals surface area (Å²) in [6.07, 6.45) is -4.43. The number of halogens is 4. The highest BCUT2D eigenvalue weighted by molar-refractivity contribution is 5.27. The minimum absolute atomic E-state index is 0.131. The molecule has 1 atom stereocenters. The van der Waals surface area contributed by atoms with Crippen LogP contribution in [0, 0.1) is 12.7 Å². The molecule has 2 N–H and O–H groups in total. The summed E-state index contributed by atoms with van der Waals surface area (Å²) >= 11 is 0. The van der Waals surface area contributed by atoms with Crippen molar-refractivity contribution >= 4 is 0 Å². The Kier molecular flexibility index (Phi) is 3.34. The van der Waals surface area contributed by atoms with Gasteiger partial charge < -0.3 is 5.73 Å². The first-order chi connectivity index (χ1) is 6.86. The summed E-state index contributed by atoms with van der Waals surface area (Å²) in [5.41, 5.74) is 5.22. The van der Waals surface area contributed by atoms with Gasteiger partial charge in [-0.25, -0.2) is 4.39 Å². The fourth-order valence-corrected chi connectivity index (χ4v) is 1.28. The first kappa shape index (κ1) is 12.0. The molecule has 1 nitrogen and oxygen atoms in total. The molecule has 84 valence electrons. The van der Waals surface area contributed by atoms with Crippen LogP contribution in [0.25, 0.3) is 0 Å². The molecule has 0 bridgehead atoms. The van der Waals surface area contributed by atoms with Crippen molar-refractivity contribution in [2.24, 2.45) is 5.73 Å². The smallest absolute Gasteiger partial charge is 0.330 e. The third-order valence-corrected chi connectivity index (χ3v) is 2.23. The molecule has 0 amide bonds. The largest absolute Gasteiger partial charge is 0.396 e. The molecule has 15 heavy (non-hydrogen) atoms. The molecule has 1 rings (SSSR count). The maximum Gasteiger partial charge on any atom is 0.396 e. The molecule has 0 saturated carbocycles. The minimum atomic E-state index is -4.43. The van der Waals surface area contributed by atoms with Gasteiger partial charge in [0.1, 0.15) is 5.82 Å². The van der Waals surface area contributed by atoms with E-state index in [0.717, 1.165) is 6.07 Å². The second kappa shape index (κ2) is 4.18. The van der Waals surface area contributed by atoms with Crippen molar-refractivity contribution in [1.82, 2.24) is 0 Å². The van der Waals surface area contributed by atoms with Gasteiger partial charge in [0, 0.05) is 6.54 Å². The molecule has 1 aromatic rings. The number of rotatable bonds is 2. The number of nitrogens with two attached hydrogens (primary N) is 1. The predicted octanol–water partition coefficient (Wildman–Crippen LogP) is 2.74. The average Bonchev–Trinajstić information content (AvgIpc) is 2.10. The van der Waals surface area contributed by atoms with Crippen molar-refractivity contribution in [3.63, 3.8) is 0 Å². The van der Waals surface area contributed by atoms with Crippen molar-refractivity contribution in [3.05, 3.63) is 35.1 Å². The maximum absolute atomic E-state index is 13.1. The van der Waals surface area contributed by atoms with E-state index in [1.54, 1.807) is 0 Å². The zero-order chi connectivity index (χ0) is 11.6. The Morgan fingerprint density at radius 1 is 1.33 bits per heavy atom. The molecule has 0 saturated heterocycles. The standard InChI is InChI=1S/C10H11F4N/c1-6-2-3-7(4-9(6)11)8(5-15)10(12,13)14/h2-4,8H,5,15H2,1H3. The molecule has 0 aliphatic carbocycles. The van der Waals surface area contributed by atoms with Crippen LogP contribution in [0.5, 0.6) is 0 Å². The van der Waals surface area contributed by atoms with Crippen molar-refractivity contribution in [1.29, 1.82) is 0 Å². The number of alkyl halides is 3. The number of hydrogen-bond donors (Lipinski definition) is 1. The zero-order valence-corrected chi connectivity index (χ0v) is 8.11. The van der Waals surface area contributed by atoms with Gasteiger partial charge in [0.2, 0.25) is 0 Å². The van der Waals surface area contributed by atoms with E-state index in [-0.39, 0.29) is 5.56 Å². The van der Waals surface area contributed by atoms with Crippen LogP contribution in [0.3, 0.4) is 0 Å². The second-order valence-corrected chi connectivity index (χ2v) is 3.34. The monoisotopic (exact) mass is 221 g/mol. The van der Waals surface area contributed by atoms with Crippen molar-refractivity contribution in [2.75, 3.05) is 6.54 Å². The minimum Gasteiger partial charge on any atom is -0.330 e. The summed E-state index contributed by atoms with van der Waals surface area (Å²) in [6, 6.07) is 3.46. The number of hydrogen-bond acceptors (Lipinski definition) is 1. The lowest BCUT2D eigenvalue weighted by molar-refractivity contribution is -0.148. The molecular weight excluding hydrogens is 210 g/mol. The van der Waals surface area contributed by atoms with Crippen molar-refractivity contribution in [3.8, 4) is 0 Å². The lowest BCUT2D eigenvalue weighted by Gasteiger charge is -2.19. The highest BCUT2D eigenvalue weighted by atomic mass is 19.4. The van der Waals surface area contributed by atoms with Crippen LogP contribution < -0.4 is 5.73 Å². The quantitative estimate of drug-likeness (QED) is 0.763. The number of benzene rings is 1. The lowest BCUT2D eigenvalue weighted by Crippen LogP contribution is -2.28. The van der Waals surface area contributed by atoms with E-state index in [4.69, 9.17) is 5.73 Å². The fraction of sp³-hybridized carbons (Fsp3) is 0.400. The number of aryl methyl sites for hydroxylation is 1. The first-order valence-corrected chi connectivity index (χ1v) is 4.39. The third kappa shape index (κ3) is 2.68. The SMILES string of the molecule is Cc1ccc(C(CN)C(F)(F)F)cc1F. The van der Waals surface area contributed by atoms with E-state index < -0.39 is 24.5 Å². The molecule has 0 spiro atoms. The van der Waals surface area contributed by atoms with E-state index in [1.807, 2.05) is 0 Å². The Labute approximate surface area is 84.9 Å². The lowest BCUT2D eigenvalue weighted by atomic mass is 9.97. The molecule has 0 fully saturated rings. The van der Waals surface area contributed by atoms with Gasteiger partial charge in [-0.1, -0.05) is 12.1 Å². The van der Waals surface area contributed by atoms with Gasteiger partial charge in [0.05, 0.1) is 5.92 Å². The molecule has 0 aromatic heterocycles. The average molecular weight is 221 g/mol. The molecule has 0 radical (unpaired) electrons. The topological polar surface area (TPSA) is 26.0 Å². The van der Waals surface area contributed by atoms with Gasteiger partial charge in [-0.05, 0) is 24.1 Å². The zero-order valence-electron chi connectivity index (χ0n) is 8.11. The second-order valence-electron chi connectivity index (χ2n) is 3.34. The van der Waals surface area contributed by atoms with Crippen LogP contribution in [0.4, 0.5) is 17.6 Å². The fourth-order valence-electron chi connectivity index (χ4n) is 1.28. The summed E-state index contributed by atoms with van der Waals surface area (Å²) in [7, 11) is 0. The summed E-state index contributed by atoms with van der Waals surface area (Å²) in [5, 5.41) is 0. The van der Waals surface area contributed by atoms with Crippen LogP contribution in [0.15, 0.2) is 18.2 Å². The van der Waals surface area contributed by atoms with Gasteiger partial charge in [0.15, 0.2) is 0 Å². The van der Waals surface area contributed by atoms with Crippen LogP contribution in [0.2, 0.25) is 0 Å². The van der Waals surface area contributed by atoms with Gasteiger partial charge in [-0.3, -0.25) is 0 Å². The Morgan fingerprint density at radius 3 is 2.33 bits per heavy atom. The Bertz CT molecular complexity index is 346. The highest BCUT2D eigenvalue weighted by Crippen LogP contribution is 2.34. The van der Waals surface area contributed by atoms with E-state index in [9.17, 15) is 17.6 Å².